The Hall–Kier alpha value is -2.34. The molecule has 0 aliphatic carbocycles. The number of ether oxygens (including phenoxy) is 1. The second-order valence-electron chi connectivity index (χ2n) is 4.86. The van der Waals surface area contributed by atoms with E-state index in [0.717, 1.165) is 4.47 Å². The lowest BCUT2D eigenvalue weighted by atomic mass is 10.2. The first-order chi connectivity index (χ1) is 11.0. The van der Waals surface area contributed by atoms with Gasteiger partial charge in [0.15, 0.2) is 0 Å². The number of nitrogens with one attached hydrogen (secondary N) is 2. The predicted octanol–water partition coefficient (Wildman–Crippen LogP) is 3.82. The minimum atomic E-state index is -0.133. The van der Waals surface area contributed by atoms with E-state index in [9.17, 15) is 9.59 Å². The van der Waals surface area contributed by atoms with E-state index in [-0.39, 0.29) is 18.2 Å². The molecule has 0 saturated carbocycles. The number of anilines is 2. The molecule has 0 fully saturated rings. The first-order valence-corrected chi connectivity index (χ1v) is 7.88. The molecule has 6 heteroatoms. The third-order valence-corrected chi connectivity index (χ3v) is 3.38. The van der Waals surface area contributed by atoms with Gasteiger partial charge in [0, 0.05) is 22.8 Å². The van der Waals surface area contributed by atoms with Crippen LogP contribution in [0.1, 0.15) is 13.3 Å². The Bertz CT molecular complexity index is 686. The topological polar surface area (TPSA) is 67.4 Å². The quantitative estimate of drug-likeness (QED) is 0.805. The Morgan fingerprint density at radius 1 is 1.04 bits per heavy atom. The van der Waals surface area contributed by atoms with Crippen LogP contribution in [0.2, 0.25) is 0 Å². The maximum absolute atomic E-state index is 11.9. The van der Waals surface area contributed by atoms with Gasteiger partial charge in [-0.25, -0.2) is 0 Å². The SMILES string of the molecule is CC(=O)Nc1ccc(NC(=O)CCOc2cccc(Br)c2)cc1. The molecular weight excluding hydrogens is 360 g/mol. The van der Waals surface area contributed by atoms with Crippen LogP contribution in [0.15, 0.2) is 53.0 Å². The maximum Gasteiger partial charge on any atom is 0.227 e. The monoisotopic (exact) mass is 376 g/mol. The first kappa shape index (κ1) is 17.0. The number of amides is 2. The van der Waals surface area contributed by atoms with E-state index in [4.69, 9.17) is 4.74 Å². The highest BCUT2D eigenvalue weighted by molar-refractivity contribution is 9.10. The normalized spacial score (nSPS) is 10.0. The van der Waals surface area contributed by atoms with Crippen molar-refractivity contribution in [1.29, 1.82) is 0 Å². The van der Waals surface area contributed by atoms with Gasteiger partial charge in [-0.1, -0.05) is 22.0 Å². The number of rotatable bonds is 6. The van der Waals surface area contributed by atoms with Crippen molar-refractivity contribution in [2.24, 2.45) is 0 Å². The minimum Gasteiger partial charge on any atom is -0.493 e. The molecule has 2 amide bonds. The zero-order valence-electron chi connectivity index (χ0n) is 12.6. The van der Waals surface area contributed by atoms with Crippen molar-refractivity contribution in [3.8, 4) is 5.75 Å². The number of benzene rings is 2. The highest BCUT2D eigenvalue weighted by Crippen LogP contribution is 2.18. The van der Waals surface area contributed by atoms with E-state index in [1.807, 2.05) is 24.3 Å². The van der Waals surface area contributed by atoms with Crippen molar-refractivity contribution in [2.45, 2.75) is 13.3 Å². The summed E-state index contributed by atoms with van der Waals surface area (Å²) in [6.45, 7) is 1.74. The van der Waals surface area contributed by atoms with Crippen molar-refractivity contribution in [3.63, 3.8) is 0 Å². The highest BCUT2D eigenvalue weighted by atomic mass is 79.9. The molecule has 2 aromatic rings. The van der Waals surface area contributed by atoms with Crippen LogP contribution in [0.4, 0.5) is 11.4 Å². The van der Waals surface area contributed by atoms with Crippen LogP contribution in [0, 0.1) is 0 Å². The highest BCUT2D eigenvalue weighted by Gasteiger charge is 2.04. The largest absolute Gasteiger partial charge is 0.493 e. The molecule has 120 valence electrons. The Labute approximate surface area is 143 Å². The van der Waals surface area contributed by atoms with Crippen molar-refractivity contribution in [2.75, 3.05) is 17.2 Å². The number of carbonyl (C=O) groups excluding carboxylic acids is 2. The van der Waals surface area contributed by atoms with Crippen LogP contribution in [0.5, 0.6) is 5.75 Å². The predicted molar refractivity (Wildman–Crippen MR) is 93.6 cm³/mol. The standard InChI is InChI=1S/C17H17BrN2O3/c1-12(21)19-14-5-7-15(8-6-14)20-17(22)9-10-23-16-4-2-3-13(18)11-16/h2-8,11H,9-10H2,1H3,(H,19,21)(H,20,22). The summed E-state index contributed by atoms with van der Waals surface area (Å²) in [5, 5.41) is 5.45. The molecule has 0 unspecified atom stereocenters. The summed E-state index contributed by atoms with van der Waals surface area (Å²) in [6, 6.07) is 14.4. The molecule has 0 atom stereocenters. The Morgan fingerprint density at radius 2 is 1.70 bits per heavy atom. The smallest absolute Gasteiger partial charge is 0.227 e. The number of halogens is 1. The van der Waals surface area contributed by atoms with E-state index in [1.54, 1.807) is 24.3 Å². The second-order valence-corrected chi connectivity index (χ2v) is 5.78. The van der Waals surface area contributed by atoms with Crippen molar-refractivity contribution in [1.82, 2.24) is 0 Å². The molecule has 0 saturated heterocycles. The molecule has 23 heavy (non-hydrogen) atoms. The molecule has 0 aliphatic heterocycles. The van der Waals surface area contributed by atoms with E-state index in [2.05, 4.69) is 26.6 Å². The minimum absolute atomic E-state index is 0.132. The molecule has 2 N–H and O–H groups in total. The van der Waals surface area contributed by atoms with Gasteiger partial charge in [0.05, 0.1) is 13.0 Å². The summed E-state index contributed by atoms with van der Waals surface area (Å²) in [6.07, 6.45) is 0.250. The van der Waals surface area contributed by atoms with Gasteiger partial charge in [-0.15, -0.1) is 0 Å². The van der Waals surface area contributed by atoms with Crippen LogP contribution in [-0.2, 0) is 9.59 Å². The van der Waals surface area contributed by atoms with E-state index < -0.39 is 0 Å². The van der Waals surface area contributed by atoms with Gasteiger partial charge in [-0.3, -0.25) is 9.59 Å². The van der Waals surface area contributed by atoms with Crippen LogP contribution >= 0.6 is 15.9 Å². The van der Waals surface area contributed by atoms with Gasteiger partial charge in [0.1, 0.15) is 5.75 Å². The summed E-state index contributed by atoms with van der Waals surface area (Å²) in [5.41, 5.74) is 1.36. The van der Waals surface area contributed by atoms with Gasteiger partial charge in [0.25, 0.3) is 0 Å². The van der Waals surface area contributed by atoms with Crippen LogP contribution < -0.4 is 15.4 Å². The van der Waals surface area contributed by atoms with Crippen molar-refractivity contribution >= 4 is 39.1 Å². The third kappa shape index (κ3) is 6.12. The molecular formula is C17H17BrN2O3. The molecule has 2 rings (SSSR count). The summed E-state index contributed by atoms with van der Waals surface area (Å²) in [7, 11) is 0. The van der Waals surface area contributed by atoms with Crippen LogP contribution in [0.3, 0.4) is 0 Å². The summed E-state index contributed by atoms with van der Waals surface area (Å²) in [4.78, 5) is 22.8. The average Bonchev–Trinajstić information content (AvgIpc) is 2.49. The molecule has 0 aromatic heterocycles. The molecule has 2 aromatic carbocycles. The van der Waals surface area contributed by atoms with Gasteiger partial charge >= 0.3 is 0 Å². The first-order valence-electron chi connectivity index (χ1n) is 7.09. The fourth-order valence-electron chi connectivity index (χ4n) is 1.88. The molecule has 0 spiro atoms. The fraction of sp³-hybridized carbons (Fsp3) is 0.176. The molecule has 0 bridgehead atoms. The van der Waals surface area contributed by atoms with E-state index in [1.165, 1.54) is 6.92 Å². The lowest BCUT2D eigenvalue weighted by molar-refractivity contribution is -0.116. The lowest BCUT2D eigenvalue weighted by Crippen LogP contribution is -2.15. The molecule has 0 heterocycles. The third-order valence-electron chi connectivity index (χ3n) is 2.88. The number of hydrogen-bond acceptors (Lipinski definition) is 3. The Balaban J connectivity index is 1.77. The molecule has 0 radical (unpaired) electrons. The fourth-order valence-corrected chi connectivity index (χ4v) is 2.26. The van der Waals surface area contributed by atoms with Crippen LogP contribution in [0.25, 0.3) is 0 Å². The zero-order valence-corrected chi connectivity index (χ0v) is 14.2. The summed E-state index contributed by atoms with van der Waals surface area (Å²) < 4.78 is 6.45. The Morgan fingerprint density at radius 3 is 2.30 bits per heavy atom. The van der Waals surface area contributed by atoms with Crippen molar-refractivity contribution in [3.05, 3.63) is 53.0 Å². The lowest BCUT2D eigenvalue weighted by Gasteiger charge is -2.08. The Kier molecular flexibility index (Phi) is 6.17. The number of carbonyl (C=O) groups is 2. The second kappa shape index (κ2) is 8.33. The van der Waals surface area contributed by atoms with Crippen LogP contribution in [-0.4, -0.2) is 18.4 Å². The molecule has 5 nitrogen and oxygen atoms in total. The summed E-state index contributed by atoms with van der Waals surface area (Å²) >= 11 is 3.36. The number of hydrogen-bond donors (Lipinski definition) is 2. The van der Waals surface area contributed by atoms with Gasteiger partial charge < -0.3 is 15.4 Å². The summed E-state index contributed by atoms with van der Waals surface area (Å²) in [5.74, 6) is 0.450. The van der Waals surface area contributed by atoms with E-state index in [0.29, 0.717) is 23.7 Å². The molecule has 0 aliphatic rings. The average molecular weight is 377 g/mol. The maximum atomic E-state index is 11.9. The van der Waals surface area contributed by atoms with Crippen molar-refractivity contribution < 1.29 is 14.3 Å². The van der Waals surface area contributed by atoms with Gasteiger partial charge in [0.2, 0.25) is 11.8 Å². The van der Waals surface area contributed by atoms with E-state index >= 15 is 0 Å². The zero-order chi connectivity index (χ0) is 16.7. The van der Waals surface area contributed by atoms with Gasteiger partial charge in [-0.05, 0) is 42.5 Å². The van der Waals surface area contributed by atoms with Gasteiger partial charge in [-0.2, -0.15) is 0 Å².